The monoisotopic (exact) mass is 278 g/mol. The Kier molecular flexibility index (Phi) is 5.99. The smallest absolute Gasteiger partial charge is 0.123 e. The molecule has 112 valence electrons. The zero-order valence-electron chi connectivity index (χ0n) is 12.7. The number of nitrogens with one attached hydrogen (secondary N) is 1. The molecule has 1 aliphatic rings. The highest BCUT2D eigenvalue weighted by Gasteiger charge is 2.14. The molecule has 20 heavy (non-hydrogen) atoms. The number of hydrogen-bond donors (Lipinski definition) is 1. The summed E-state index contributed by atoms with van der Waals surface area (Å²) in [5.41, 5.74) is 1.19. The van der Waals surface area contributed by atoms with Crippen LogP contribution in [0.3, 0.4) is 0 Å². The Morgan fingerprint density at radius 2 is 1.70 bits per heavy atom. The van der Waals surface area contributed by atoms with Crippen molar-refractivity contribution >= 4 is 0 Å². The van der Waals surface area contributed by atoms with Gasteiger partial charge in [0, 0.05) is 18.6 Å². The molecule has 2 atom stereocenters. The number of hydrogen-bond acceptors (Lipinski definition) is 2. The van der Waals surface area contributed by atoms with Gasteiger partial charge in [-0.2, -0.15) is 0 Å². The molecule has 1 aromatic carbocycles. The second kappa shape index (κ2) is 7.75. The molecule has 1 N–H and O–H groups in total. The van der Waals surface area contributed by atoms with Crippen LogP contribution < -0.4 is 5.32 Å². The van der Waals surface area contributed by atoms with E-state index < -0.39 is 0 Å². The SMILES string of the molecule is CC(Cc1ccc(F)cc1)NC(C)CN1CCCCC1. The fraction of sp³-hybridized carbons (Fsp3) is 0.647. The molecule has 1 aliphatic heterocycles. The van der Waals surface area contributed by atoms with Crippen LogP contribution in [0.25, 0.3) is 0 Å². The molecule has 2 unspecified atom stereocenters. The predicted octanol–water partition coefficient (Wildman–Crippen LogP) is 3.22. The molecule has 0 spiro atoms. The lowest BCUT2D eigenvalue weighted by Crippen LogP contribution is -2.45. The second-order valence-electron chi connectivity index (χ2n) is 6.16. The summed E-state index contributed by atoms with van der Waals surface area (Å²) in [5.74, 6) is -0.159. The van der Waals surface area contributed by atoms with Gasteiger partial charge in [0.25, 0.3) is 0 Å². The van der Waals surface area contributed by atoms with E-state index in [4.69, 9.17) is 0 Å². The standard InChI is InChI=1S/C17H27FN2/c1-14(12-16-6-8-17(18)9-7-16)19-15(2)13-20-10-4-3-5-11-20/h6-9,14-15,19H,3-5,10-13H2,1-2H3. The number of halogens is 1. The van der Waals surface area contributed by atoms with E-state index in [1.54, 1.807) is 12.1 Å². The Morgan fingerprint density at radius 1 is 1.05 bits per heavy atom. The van der Waals surface area contributed by atoms with Crippen molar-refractivity contribution in [2.45, 2.75) is 51.6 Å². The number of benzene rings is 1. The largest absolute Gasteiger partial charge is 0.310 e. The third kappa shape index (κ3) is 5.22. The lowest BCUT2D eigenvalue weighted by atomic mass is 10.1. The van der Waals surface area contributed by atoms with E-state index in [0.29, 0.717) is 12.1 Å². The van der Waals surface area contributed by atoms with Crippen molar-refractivity contribution in [1.82, 2.24) is 10.2 Å². The highest BCUT2D eigenvalue weighted by molar-refractivity contribution is 5.17. The van der Waals surface area contributed by atoms with E-state index in [2.05, 4.69) is 24.1 Å². The van der Waals surface area contributed by atoms with Gasteiger partial charge in [-0.05, 0) is 63.9 Å². The summed E-state index contributed by atoms with van der Waals surface area (Å²) in [5, 5.41) is 3.65. The van der Waals surface area contributed by atoms with Gasteiger partial charge in [-0.1, -0.05) is 18.6 Å². The first-order valence-electron chi connectivity index (χ1n) is 7.86. The zero-order chi connectivity index (χ0) is 14.4. The lowest BCUT2D eigenvalue weighted by Gasteiger charge is -2.30. The van der Waals surface area contributed by atoms with Gasteiger partial charge in [-0.3, -0.25) is 0 Å². The molecule has 0 amide bonds. The van der Waals surface area contributed by atoms with Gasteiger partial charge in [-0.15, -0.1) is 0 Å². The van der Waals surface area contributed by atoms with Crippen molar-refractivity contribution in [3.63, 3.8) is 0 Å². The Hall–Kier alpha value is -0.930. The van der Waals surface area contributed by atoms with Gasteiger partial charge in [0.2, 0.25) is 0 Å². The fourth-order valence-corrected chi connectivity index (χ4v) is 3.10. The van der Waals surface area contributed by atoms with Crippen LogP contribution in [0.2, 0.25) is 0 Å². The van der Waals surface area contributed by atoms with E-state index in [-0.39, 0.29) is 5.82 Å². The van der Waals surface area contributed by atoms with Crippen molar-refractivity contribution in [1.29, 1.82) is 0 Å². The van der Waals surface area contributed by atoms with E-state index in [9.17, 15) is 4.39 Å². The maximum absolute atomic E-state index is 12.9. The molecular formula is C17H27FN2. The van der Waals surface area contributed by atoms with Crippen molar-refractivity contribution in [3.05, 3.63) is 35.6 Å². The molecule has 1 heterocycles. The second-order valence-corrected chi connectivity index (χ2v) is 6.16. The molecular weight excluding hydrogens is 251 g/mol. The average Bonchev–Trinajstić information content (AvgIpc) is 2.42. The van der Waals surface area contributed by atoms with Crippen LogP contribution in [0.1, 0.15) is 38.7 Å². The average molecular weight is 278 g/mol. The fourth-order valence-electron chi connectivity index (χ4n) is 3.10. The summed E-state index contributed by atoms with van der Waals surface area (Å²) in [6, 6.07) is 7.76. The lowest BCUT2D eigenvalue weighted by molar-refractivity contribution is 0.205. The molecule has 1 aromatic rings. The minimum absolute atomic E-state index is 0.159. The van der Waals surface area contributed by atoms with Crippen molar-refractivity contribution in [3.8, 4) is 0 Å². The van der Waals surface area contributed by atoms with Crippen LogP contribution in [0.4, 0.5) is 4.39 Å². The van der Waals surface area contributed by atoms with Gasteiger partial charge in [-0.25, -0.2) is 4.39 Å². The molecule has 2 nitrogen and oxygen atoms in total. The maximum Gasteiger partial charge on any atom is 0.123 e. The highest BCUT2D eigenvalue weighted by Crippen LogP contribution is 2.10. The predicted molar refractivity (Wildman–Crippen MR) is 82.5 cm³/mol. The van der Waals surface area contributed by atoms with Crippen LogP contribution >= 0.6 is 0 Å². The number of likely N-dealkylation sites (tertiary alicyclic amines) is 1. The van der Waals surface area contributed by atoms with Gasteiger partial charge in [0.1, 0.15) is 5.82 Å². The summed E-state index contributed by atoms with van der Waals surface area (Å²) in [6.45, 7) is 8.09. The van der Waals surface area contributed by atoms with Crippen LogP contribution in [-0.4, -0.2) is 36.6 Å². The first-order valence-corrected chi connectivity index (χ1v) is 7.86. The Labute approximate surface area is 122 Å². The summed E-state index contributed by atoms with van der Waals surface area (Å²) in [4.78, 5) is 2.56. The third-order valence-electron chi connectivity index (χ3n) is 4.00. The van der Waals surface area contributed by atoms with Crippen molar-refractivity contribution in [2.24, 2.45) is 0 Å². The molecule has 0 radical (unpaired) electrons. The maximum atomic E-state index is 12.9. The summed E-state index contributed by atoms with van der Waals surface area (Å²) < 4.78 is 12.9. The Balaban J connectivity index is 1.72. The van der Waals surface area contributed by atoms with E-state index in [0.717, 1.165) is 13.0 Å². The minimum atomic E-state index is -0.159. The van der Waals surface area contributed by atoms with Crippen LogP contribution in [0, 0.1) is 5.82 Å². The van der Waals surface area contributed by atoms with Gasteiger partial charge in [0.15, 0.2) is 0 Å². The van der Waals surface area contributed by atoms with Crippen LogP contribution in [-0.2, 0) is 6.42 Å². The number of nitrogens with zero attached hydrogens (tertiary/aromatic N) is 1. The minimum Gasteiger partial charge on any atom is -0.310 e. The summed E-state index contributed by atoms with van der Waals surface area (Å²) in [7, 11) is 0. The van der Waals surface area contributed by atoms with Crippen LogP contribution in [0.15, 0.2) is 24.3 Å². The number of piperidine rings is 1. The summed E-state index contributed by atoms with van der Waals surface area (Å²) in [6.07, 6.45) is 5.03. The Morgan fingerprint density at radius 3 is 2.35 bits per heavy atom. The van der Waals surface area contributed by atoms with Crippen LogP contribution in [0.5, 0.6) is 0 Å². The quantitative estimate of drug-likeness (QED) is 0.859. The molecule has 0 aromatic heterocycles. The molecule has 0 saturated carbocycles. The normalized spacial score (nSPS) is 19.8. The van der Waals surface area contributed by atoms with E-state index in [1.807, 2.05) is 12.1 Å². The molecule has 1 saturated heterocycles. The van der Waals surface area contributed by atoms with Crippen molar-refractivity contribution < 1.29 is 4.39 Å². The highest BCUT2D eigenvalue weighted by atomic mass is 19.1. The van der Waals surface area contributed by atoms with Gasteiger partial charge in [0.05, 0.1) is 0 Å². The van der Waals surface area contributed by atoms with Gasteiger partial charge >= 0.3 is 0 Å². The number of rotatable bonds is 6. The molecule has 0 bridgehead atoms. The molecule has 2 rings (SSSR count). The molecule has 3 heteroatoms. The van der Waals surface area contributed by atoms with Gasteiger partial charge < -0.3 is 10.2 Å². The Bertz CT molecular complexity index is 384. The third-order valence-corrected chi connectivity index (χ3v) is 4.00. The van der Waals surface area contributed by atoms with E-state index in [1.165, 1.54) is 37.9 Å². The van der Waals surface area contributed by atoms with Crippen molar-refractivity contribution in [2.75, 3.05) is 19.6 Å². The topological polar surface area (TPSA) is 15.3 Å². The summed E-state index contributed by atoms with van der Waals surface area (Å²) >= 11 is 0. The first-order chi connectivity index (χ1) is 9.63. The zero-order valence-corrected chi connectivity index (χ0v) is 12.7. The van der Waals surface area contributed by atoms with E-state index >= 15 is 0 Å². The molecule has 0 aliphatic carbocycles. The molecule has 1 fully saturated rings. The first kappa shape index (κ1) is 15.5.